The van der Waals surface area contributed by atoms with Gasteiger partial charge in [0.05, 0.1) is 26.9 Å². The molecule has 3 rings (SSSR count). The van der Waals surface area contributed by atoms with Crippen LogP contribution in [0.5, 0.6) is 17.2 Å². The maximum absolute atomic E-state index is 13.1. The summed E-state index contributed by atoms with van der Waals surface area (Å²) >= 11 is 0. The van der Waals surface area contributed by atoms with Crippen molar-refractivity contribution in [1.29, 1.82) is 0 Å². The van der Waals surface area contributed by atoms with Crippen molar-refractivity contribution in [2.24, 2.45) is 0 Å². The third kappa shape index (κ3) is 3.69. The van der Waals surface area contributed by atoms with Crippen LogP contribution in [0.2, 0.25) is 0 Å². The van der Waals surface area contributed by atoms with Gasteiger partial charge in [0.25, 0.3) is 0 Å². The molecule has 0 spiro atoms. The Bertz CT molecular complexity index is 960. The molecule has 1 atom stereocenters. The Morgan fingerprint density at radius 2 is 1.79 bits per heavy atom. The van der Waals surface area contributed by atoms with Gasteiger partial charge in [-0.2, -0.15) is 4.68 Å². The summed E-state index contributed by atoms with van der Waals surface area (Å²) in [6.45, 7) is 7.21. The smallest absolute Gasteiger partial charge is 0.338 e. The predicted octanol–water partition coefficient (Wildman–Crippen LogP) is 2.33. The lowest BCUT2D eigenvalue weighted by Gasteiger charge is -2.30. The Hall–Kier alpha value is -3.30. The third-order valence-corrected chi connectivity index (χ3v) is 4.36. The molecule has 10 heteroatoms. The van der Waals surface area contributed by atoms with Crippen LogP contribution in [0.15, 0.2) is 23.4 Å². The first-order chi connectivity index (χ1) is 13.7. The van der Waals surface area contributed by atoms with Gasteiger partial charge in [-0.1, -0.05) is 5.10 Å². The second kappa shape index (κ2) is 7.61. The number of anilines is 1. The van der Waals surface area contributed by atoms with E-state index in [1.807, 2.05) is 20.8 Å². The number of methoxy groups -OCH3 is 3. The van der Waals surface area contributed by atoms with Crippen LogP contribution in [0, 0.1) is 0 Å². The predicted molar refractivity (Wildman–Crippen MR) is 104 cm³/mol. The van der Waals surface area contributed by atoms with Crippen LogP contribution < -0.4 is 19.5 Å². The number of aromatic nitrogens is 4. The Labute approximate surface area is 168 Å². The summed E-state index contributed by atoms with van der Waals surface area (Å²) in [5.74, 6) is 1.23. The fourth-order valence-corrected chi connectivity index (χ4v) is 3.24. The molecule has 1 N–H and O–H groups in total. The van der Waals surface area contributed by atoms with Gasteiger partial charge in [-0.3, -0.25) is 0 Å². The van der Waals surface area contributed by atoms with Gasteiger partial charge in [-0.25, -0.2) is 4.79 Å². The highest BCUT2D eigenvalue weighted by Gasteiger charge is 2.38. The molecule has 2 aromatic rings. The van der Waals surface area contributed by atoms with E-state index in [9.17, 15) is 4.79 Å². The topological polar surface area (TPSA) is 110 Å². The largest absolute Gasteiger partial charge is 0.493 e. The van der Waals surface area contributed by atoms with Gasteiger partial charge in [0.15, 0.2) is 11.5 Å². The van der Waals surface area contributed by atoms with Crippen molar-refractivity contribution < 1.29 is 23.7 Å². The van der Waals surface area contributed by atoms with Gasteiger partial charge < -0.3 is 24.3 Å². The first-order valence-corrected chi connectivity index (χ1v) is 8.99. The Morgan fingerprint density at radius 3 is 2.38 bits per heavy atom. The molecule has 0 fully saturated rings. The molecule has 1 unspecified atom stereocenters. The van der Waals surface area contributed by atoms with Gasteiger partial charge in [0.2, 0.25) is 11.7 Å². The molecule has 2 heterocycles. The number of ether oxygens (including phenoxy) is 4. The number of hydrogen-bond donors (Lipinski definition) is 1. The zero-order chi connectivity index (χ0) is 21.3. The molecule has 156 valence electrons. The van der Waals surface area contributed by atoms with Crippen LogP contribution in [0.25, 0.3) is 0 Å². The summed E-state index contributed by atoms with van der Waals surface area (Å²) in [6.07, 6.45) is 0. The quantitative estimate of drug-likeness (QED) is 0.752. The van der Waals surface area contributed by atoms with Gasteiger partial charge in [0, 0.05) is 11.3 Å². The van der Waals surface area contributed by atoms with Crippen LogP contribution >= 0.6 is 0 Å². The lowest BCUT2D eigenvalue weighted by atomic mass is 9.94. The molecule has 29 heavy (non-hydrogen) atoms. The zero-order valence-corrected chi connectivity index (χ0v) is 17.6. The maximum Gasteiger partial charge on any atom is 0.338 e. The van der Waals surface area contributed by atoms with E-state index >= 15 is 0 Å². The number of nitrogens with one attached hydrogen (secondary N) is 1. The first-order valence-electron chi connectivity index (χ1n) is 8.99. The highest BCUT2D eigenvalue weighted by molar-refractivity contribution is 5.93. The van der Waals surface area contributed by atoms with Crippen molar-refractivity contribution >= 4 is 11.9 Å². The monoisotopic (exact) mass is 403 g/mol. The summed E-state index contributed by atoms with van der Waals surface area (Å²) in [4.78, 5) is 13.1. The molecular formula is C19H25N5O5. The van der Waals surface area contributed by atoms with Gasteiger partial charge in [-0.05, 0) is 50.3 Å². The van der Waals surface area contributed by atoms with Gasteiger partial charge in [0.1, 0.15) is 11.6 Å². The van der Waals surface area contributed by atoms with Crippen LogP contribution in [0.3, 0.4) is 0 Å². The van der Waals surface area contributed by atoms with E-state index in [0.717, 1.165) is 0 Å². The molecule has 0 bridgehead atoms. The van der Waals surface area contributed by atoms with E-state index < -0.39 is 17.6 Å². The lowest BCUT2D eigenvalue weighted by molar-refractivity contribution is -0.150. The van der Waals surface area contributed by atoms with Crippen molar-refractivity contribution in [1.82, 2.24) is 20.2 Å². The zero-order valence-electron chi connectivity index (χ0n) is 17.6. The molecule has 0 amide bonds. The van der Waals surface area contributed by atoms with Crippen molar-refractivity contribution in [2.75, 3.05) is 26.6 Å². The number of carbonyl (C=O) groups excluding carboxylic acids is 1. The number of allylic oxidation sites excluding steroid dienone is 1. The number of carbonyl (C=O) groups is 1. The minimum Gasteiger partial charge on any atom is -0.493 e. The van der Waals surface area contributed by atoms with Gasteiger partial charge in [-0.15, -0.1) is 0 Å². The normalized spacial score (nSPS) is 16.0. The van der Waals surface area contributed by atoms with Gasteiger partial charge >= 0.3 is 5.97 Å². The van der Waals surface area contributed by atoms with E-state index in [4.69, 9.17) is 18.9 Å². The minimum atomic E-state index is -0.689. The molecule has 1 aliphatic heterocycles. The van der Waals surface area contributed by atoms with Crippen LogP contribution in [0.4, 0.5) is 5.95 Å². The van der Waals surface area contributed by atoms with E-state index in [0.29, 0.717) is 40.0 Å². The fraction of sp³-hybridized carbons (Fsp3) is 0.474. The standard InChI is InChI=1S/C19H25N5O5/c1-10-13(17(25)29-19(2,3)4)14(24-18(20-10)21-22-23-24)11-8-9-12(26-5)16(28-7)15(11)27-6/h8-9,14H,1-7H3,(H,20,21,23). The maximum atomic E-state index is 13.1. The fourth-order valence-electron chi connectivity index (χ4n) is 3.24. The highest BCUT2D eigenvalue weighted by Crippen LogP contribution is 2.46. The summed E-state index contributed by atoms with van der Waals surface area (Å²) < 4.78 is 23.7. The second-order valence-corrected chi connectivity index (χ2v) is 7.44. The molecule has 0 saturated heterocycles. The highest BCUT2D eigenvalue weighted by atomic mass is 16.6. The number of hydrogen-bond acceptors (Lipinski definition) is 9. The average Bonchev–Trinajstić information content (AvgIpc) is 3.11. The molecular weight excluding hydrogens is 378 g/mol. The van der Waals surface area contributed by atoms with E-state index in [1.165, 1.54) is 26.0 Å². The SMILES string of the molecule is COc1ccc(C2C(C(=O)OC(C)(C)C)=C(C)Nc3nnnn32)c(OC)c1OC. The summed E-state index contributed by atoms with van der Waals surface area (Å²) in [6, 6.07) is 2.84. The van der Waals surface area contributed by atoms with Crippen molar-refractivity contribution in [2.45, 2.75) is 39.3 Å². The van der Waals surface area contributed by atoms with Crippen molar-refractivity contribution in [3.63, 3.8) is 0 Å². The van der Waals surface area contributed by atoms with E-state index in [-0.39, 0.29) is 0 Å². The molecule has 0 aliphatic carbocycles. The third-order valence-electron chi connectivity index (χ3n) is 4.36. The minimum absolute atomic E-state index is 0.366. The number of fused-ring (bicyclic) bond motifs is 1. The molecule has 1 aromatic carbocycles. The number of esters is 1. The Morgan fingerprint density at radius 1 is 1.10 bits per heavy atom. The molecule has 1 aromatic heterocycles. The molecule has 0 saturated carbocycles. The van der Waals surface area contributed by atoms with E-state index in [2.05, 4.69) is 20.8 Å². The number of benzene rings is 1. The Balaban J connectivity index is 2.23. The Kier molecular flexibility index (Phi) is 5.36. The number of nitrogens with zero attached hydrogens (tertiary/aromatic N) is 4. The summed E-state index contributed by atoms with van der Waals surface area (Å²) in [7, 11) is 4.58. The number of tetrazole rings is 1. The lowest BCUT2D eigenvalue weighted by Crippen LogP contribution is -2.33. The molecule has 1 aliphatic rings. The second-order valence-electron chi connectivity index (χ2n) is 7.44. The summed E-state index contributed by atoms with van der Waals surface area (Å²) in [5.41, 5.74) is 0.909. The van der Waals surface area contributed by atoms with Crippen LogP contribution in [-0.2, 0) is 9.53 Å². The first kappa shape index (κ1) is 20.4. The molecule has 0 radical (unpaired) electrons. The van der Waals surface area contributed by atoms with Crippen LogP contribution in [-0.4, -0.2) is 53.1 Å². The summed E-state index contributed by atoms with van der Waals surface area (Å²) in [5, 5.41) is 14.9. The molecule has 10 nitrogen and oxygen atoms in total. The van der Waals surface area contributed by atoms with E-state index in [1.54, 1.807) is 19.1 Å². The average molecular weight is 403 g/mol. The van der Waals surface area contributed by atoms with Crippen LogP contribution in [0.1, 0.15) is 39.3 Å². The van der Waals surface area contributed by atoms with Crippen molar-refractivity contribution in [3.8, 4) is 17.2 Å². The van der Waals surface area contributed by atoms with Crippen molar-refractivity contribution in [3.05, 3.63) is 29.0 Å². The number of rotatable bonds is 5.